The number of aromatic nitrogens is 3. The van der Waals surface area contributed by atoms with E-state index in [0.717, 1.165) is 60.9 Å². The second kappa shape index (κ2) is 8.33. The summed E-state index contributed by atoms with van der Waals surface area (Å²) in [4.78, 5) is 33.3. The number of amides is 1. The molecule has 0 atom stereocenters. The predicted molar refractivity (Wildman–Crippen MR) is 124 cm³/mol. The van der Waals surface area contributed by atoms with E-state index >= 15 is 0 Å². The summed E-state index contributed by atoms with van der Waals surface area (Å²) in [6.07, 6.45) is 4.49. The molecule has 2 aromatic heterocycles. The number of hydrogen-bond acceptors (Lipinski definition) is 5. The van der Waals surface area contributed by atoms with Crippen molar-refractivity contribution in [3.05, 3.63) is 39.8 Å². The van der Waals surface area contributed by atoms with Gasteiger partial charge in [0.15, 0.2) is 0 Å². The number of pyridine rings is 1. The molecule has 170 valence electrons. The third-order valence-electron chi connectivity index (χ3n) is 7.02. The molecule has 0 aliphatic carbocycles. The van der Waals surface area contributed by atoms with Crippen LogP contribution in [0.2, 0.25) is 0 Å². The Labute approximate surface area is 187 Å². The van der Waals surface area contributed by atoms with Crippen LogP contribution in [0.3, 0.4) is 0 Å². The van der Waals surface area contributed by atoms with Crippen LogP contribution in [0.15, 0.2) is 23.1 Å². The molecule has 1 amide bonds. The van der Waals surface area contributed by atoms with Crippen LogP contribution in [0.4, 0.5) is 0 Å². The number of likely N-dealkylation sites (tertiary alicyclic amines) is 1. The number of aromatic amines is 1. The number of benzene rings is 1. The molecule has 8 heteroatoms. The molecule has 2 fully saturated rings. The van der Waals surface area contributed by atoms with E-state index in [-0.39, 0.29) is 17.5 Å². The fourth-order valence-electron chi connectivity index (χ4n) is 5.04. The Balaban J connectivity index is 1.54. The lowest BCUT2D eigenvalue weighted by Crippen LogP contribution is -2.60. The van der Waals surface area contributed by atoms with Gasteiger partial charge in [0.2, 0.25) is 0 Å². The van der Waals surface area contributed by atoms with Gasteiger partial charge in [-0.15, -0.1) is 0 Å². The van der Waals surface area contributed by atoms with E-state index in [9.17, 15) is 9.59 Å². The summed E-state index contributed by atoms with van der Waals surface area (Å²) < 4.78 is 7.48. The first-order valence-electron chi connectivity index (χ1n) is 11.6. The number of carbonyl (C=O) groups excluding carboxylic acids is 1. The smallest absolute Gasteiger partial charge is 0.259 e. The Kier molecular flexibility index (Phi) is 5.51. The minimum atomic E-state index is -0.145. The Hall–Kier alpha value is -2.71. The van der Waals surface area contributed by atoms with Crippen molar-refractivity contribution < 1.29 is 9.53 Å². The van der Waals surface area contributed by atoms with Gasteiger partial charge in [-0.3, -0.25) is 19.2 Å². The largest absolute Gasteiger partial charge is 0.381 e. The second-order valence-electron chi connectivity index (χ2n) is 9.21. The number of fused-ring (bicyclic) bond motifs is 3. The molecule has 2 saturated heterocycles. The summed E-state index contributed by atoms with van der Waals surface area (Å²) in [5.41, 5.74) is 2.99. The van der Waals surface area contributed by atoms with Gasteiger partial charge < -0.3 is 14.6 Å². The fourth-order valence-corrected chi connectivity index (χ4v) is 5.04. The SMILES string of the molecule is CCCN(C)C1CN(C(=O)c2cc3c(cc2C)[nH]c(=O)c2cnn(C4CCOCC4)c23)C1. The molecule has 32 heavy (non-hydrogen) atoms. The zero-order valence-corrected chi connectivity index (χ0v) is 19.1. The van der Waals surface area contributed by atoms with Crippen molar-refractivity contribution in [2.24, 2.45) is 0 Å². The van der Waals surface area contributed by atoms with Crippen LogP contribution in [0.1, 0.15) is 48.1 Å². The average Bonchev–Trinajstić information content (AvgIpc) is 3.19. The molecule has 1 N–H and O–H groups in total. The quantitative estimate of drug-likeness (QED) is 0.664. The first kappa shape index (κ1) is 21.2. The summed E-state index contributed by atoms with van der Waals surface area (Å²) >= 11 is 0. The monoisotopic (exact) mass is 437 g/mol. The van der Waals surface area contributed by atoms with E-state index in [4.69, 9.17) is 4.74 Å². The molecule has 0 bridgehead atoms. The van der Waals surface area contributed by atoms with Crippen molar-refractivity contribution in [1.82, 2.24) is 24.6 Å². The van der Waals surface area contributed by atoms with Crippen molar-refractivity contribution >= 4 is 27.7 Å². The molecule has 0 spiro atoms. The predicted octanol–water partition coefficient (Wildman–Crippen LogP) is 2.70. The van der Waals surface area contributed by atoms with Gasteiger partial charge in [0.05, 0.1) is 28.7 Å². The number of carbonyl (C=O) groups is 1. The lowest BCUT2D eigenvalue weighted by Gasteiger charge is -2.44. The van der Waals surface area contributed by atoms with Gasteiger partial charge >= 0.3 is 0 Å². The van der Waals surface area contributed by atoms with Gasteiger partial charge in [0, 0.05) is 43.3 Å². The van der Waals surface area contributed by atoms with Gasteiger partial charge in [-0.05, 0) is 57.5 Å². The lowest BCUT2D eigenvalue weighted by molar-refractivity contribution is 0.0340. The van der Waals surface area contributed by atoms with Crippen LogP contribution < -0.4 is 5.56 Å². The summed E-state index contributed by atoms with van der Waals surface area (Å²) in [6.45, 7) is 8.06. The Morgan fingerprint density at radius 3 is 2.72 bits per heavy atom. The number of hydrogen-bond donors (Lipinski definition) is 1. The highest BCUT2D eigenvalue weighted by Crippen LogP contribution is 2.30. The van der Waals surface area contributed by atoms with Gasteiger partial charge in [-0.2, -0.15) is 5.10 Å². The third-order valence-corrected chi connectivity index (χ3v) is 7.02. The van der Waals surface area contributed by atoms with Gasteiger partial charge in [-0.1, -0.05) is 6.92 Å². The maximum Gasteiger partial charge on any atom is 0.259 e. The molecule has 0 unspecified atom stereocenters. The number of likely N-dealkylation sites (N-methyl/N-ethyl adjacent to an activating group) is 1. The van der Waals surface area contributed by atoms with E-state index in [1.807, 2.05) is 28.6 Å². The summed E-state index contributed by atoms with van der Waals surface area (Å²) in [5.74, 6) is 0.0574. The molecule has 2 aliphatic heterocycles. The maximum atomic E-state index is 13.3. The maximum absolute atomic E-state index is 13.3. The van der Waals surface area contributed by atoms with Crippen LogP contribution in [-0.2, 0) is 4.74 Å². The molecule has 8 nitrogen and oxygen atoms in total. The molecule has 0 radical (unpaired) electrons. The zero-order valence-electron chi connectivity index (χ0n) is 19.1. The second-order valence-corrected chi connectivity index (χ2v) is 9.21. The van der Waals surface area contributed by atoms with Crippen molar-refractivity contribution in [3.8, 4) is 0 Å². The Morgan fingerprint density at radius 1 is 1.25 bits per heavy atom. The zero-order chi connectivity index (χ0) is 22.4. The molecule has 2 aliphatic rings. The van der Waals surface area contributed by atoms with Crippen LogP contribution in [0.5, 0.6) is 0 Å². The number of ether oxygens (including phenoxy) is 1. The highest BCUT2D eigenvalue weighted by molar-refractivity contribution is 6.07. The fraction of sp³-hybridized carbons (Fsp3) is 0.542. The van der Waals surface area contributed by atoms with E-state index in [1.165, 1.54) is 0 Å². The van der Waals surface area contributed by atoms with Crippen LogP contribution >= 0.6 is 0 Å². The summed E-state index contributed by atoms with van der Waals surface area (Å²) in [5, 5.41) is 6.02. The van der Waals surface area contributed by atoms with E-state index in [2.05, 4.69) is 29.0 Å². The normalized spacial score (nSPS) is 18.1. The van der Waals surface area contributed by atoms with Crippen molar-refractivity contribution in [1.29, 1.82) is 0 Å². The molecule has 1 aromatic carbocycles. The van der Waals surface area contributed by atoms with E-state index in [1.54, 1.807) is 6.20 Å². The minimum absolute atomic E-state index is 0.0574. The first-order chi connectivity index (χ1) is 15.5. The third kappa shape index (κ3) is 3.51. The highest BCUT2D eigenvalue weighted by Gasteiger charge is 2.34. The average molecular weight is 438 g/mol. The lowest BCUT2D eigenvalue weighted by atomic mass is 9.99. The topological polar surface area (TPSA) is 83.5 Å². The first-order valence-corrected chi connectivity index (χ1v) is 11.6. The Morgan fingerprint density at radius 2 is 2.00 bits per heavy atom. The van der Waals surface area contributed by atoms with E-state index < -0.39 is 0 Å². The minimum Gasteiger partial charge on any atom is -0.381 e. The molecule has 5 rings (SSSR count). The van der Waals surface area contributed by atoms with Crippen LogP contribution in [-0.4, -0.2) is 76.4 Å². The molecule has 4 heterocycles. The molecular weight excluding hydrogens is 406 g/mol. The van der Waals surface area contributed by atoms with Crippen molar-refractivity contribution in [2.75, 3.05) is 39.9 Å². The standard InChI is InChI=1S/C24H31N5O3/c1-4-7-27(3)17-13-28(14-17)24(31)18-11-19-21(10-15(18)2)26-23(30)20-12-25-29(22(19)20)16-5-8-32-9-6-16/h10-12,16-17H,4-9,13-14H2,1-3H3,(H,26,30). The van der Waals surface area contributed by atoms with Crippen molar-refractivity contribution in [3.63, 3.8) is 0 Å². The molecular formula is C24H31N5O3. The van der Waals surface area contributed by atoms with E-state index in [0.29, 0.717) is 30.2 Å². The Bertz CT molecular complexity index is 1220. The van der Waals surface area contributed by atoms with Crippen LogP contribution in [0.25, 0.3) is 21.8 Å². The van der Waals surface area contributed by atoms with Crippen LogP contribution in [0, 0.1) is 6.92 Å². The number of nitrogens with one attached hydrogen (secondary N) is 1. The summed E-state index contributed by atoms with van der Waals surface area (Å²) in [7, 11) is 2.13. The number of nitrogens with zero attached hydrogens (tertiary/aromatic N) is 4. The number of rotatable bonds is 5. The van der Waals surface area contributed by atoms with Gasteiger partial charge in [0.1, 0.15) is 0 Å². The molecule has 3 aromatic rings. The highest BCUT2D eigenvalue weighted by atomic mass is 16.5. The number of aryl methyl sites for hydroxylation is 1. The van der Waals surface area contributed by atoms with Gasteiger partial charge in [0.25, 0.3) is 11.5 Å². The summed E-state index contributed by atoms with van der Waals surface area (Å²) in [6, 6.07) is 4.49. The number of H-pyrrole nitrogens is 1. The van der Waals surface area contributed by atoms with Crippen molar-refractivity contribution in [2.45, 2.75) is 45.2 Å². The van der Waals surface area contributed by atoms with Gasteiger partial charge in [-0.25, -0.2) is 0 Å². The molecule has 0 saturated carbocycles.